The van der Waals surface area contributed by atoms with Crippen molar-refractivity contribution in [1.29, 1.82) is 0 Å². The Kier molecular flexibility index (Phi) is 3.57. The summed E-state index contributed by atoms with van der Waals surface area (Å²) >= 11 is 0. The van der Waals surface area contributed by atoms with Crippen LogP contribution in [0.2, 0.25) is 0 Å². The number of hydrogen-bond donors (Lipinski definition) is 0. The van der Waals surface area contributed by atoms with Gasteiger partial charge in [-0.1, -0.05) is 0 Å². The van der Waals surface area contributed by atoms with E-state index in [1.807, 2.05) is 0 Å². The van der Waals surface area contributed by atoms with E-state index in [2.05, 4.69) is 9.72 Å². The van der Waals surface area contributed by atoms with Crippen molar-refractivity contribution in [3.63, 3.8) is 0 Å². The summed E-state index contributed by atoms with van der Waals surface area (Å²) in [5.41, 5.74) is 0.946. The van der Waals surface area contributed by atoms with Crippen LogP contribution in [0, 0.1) is 0 Å². The number of ether oxygens (including phenoxy) is 1. The Labute approximate surface area is 115 Å². The zero-order valence-corrected chi connectivity index (χ0v) is 11.2. The van der Waals surface area contributed by atoms with Crippen LogP contribution < -0.4 is 5.56 Å². The third-order valence-electron chi connectivity index (χ3n) is 3.24. The number of carbonyl (C=O) groups excluding carboxylic acids is 1. The monoisotopic (exact) mass is 280 g/mol. The minimum atomic E-state index is -0.443. The molecule has 0 amide bonds. The third-order valence-corrected chi connectivity index (χ3v) is 3.24. The first kappa shape index (κ1) is 13.5. The first-order valence-corrected chi connectivity index (χ1v) is 5.82. The van der Waals surface area contributed by atoms with Crippen molar-refractivity contribution < 1.29 is 9.53 Å². The number of aromatic nitrogens is 2. The van der Waals surface area contributed by atoms with Crippen LogP contribution in [0.4, 0.5) is 0 Å². The van der Waals surface area contributed by atoms with Gasteiger partial charge in [0.2, 0.25) is 0 Å². The number of nitrogens with zero attached hydrogens (tertiary/aromatic N) is 2. The molecule has 2 heterocycles. The molecule has 5 nitrogen and oxygen atoms in total. The largest absolute Gasteiger partial charge is 0.465 e. The molecule has 0 spiro atoms. The standard InChI is InChI=1S/C13H12N2O3.ClH/c1-18-13(17)8-4-5-10-9(7-8)12(16)15-6-2-3-11(15)14-10;/h4-5,7H,2-3,6H2,1H3;1H. The van der Waals surface area contributed by atoms with Gasteiger partial charge in [0, 0.05) is 13.0 Å². The van der Waals surface area contributed by atoms with Crippen LogP contribution in [0.3, 0.4) is 0 Å². The normalized spacial score (nSPS) is 12.9. The summed E-state index contributed by atoms with van der Waals surface area (Å²) in [6.45, 7) is 0.708. The number of esters is 1. The van der Waals surface area contributed by atoms with Gasteiger partial charge in [-0.2, -0.15) is 0 Å². The number of carbonyl (C=O) groups is 1. The molecule has 0 atom stereocenters. The minimum Gasteiger partial charge on any atom is -0.465 e. The fourth-order valence-corrected chi connectivity index (χ4v) is 2.33. The van der Waals surface area contributed by atoms with E-state index in [-0.39, 0.29) is 18.0 Å². The van der Waals surface area contributed by atoms with Gasteiger partial charge in [0.05, 0.1) is 23.6 Å². The number of halogens is 1. The molecule has 1 aromatic heterocycles. The third kappa shape index (κ3) is 2.10. The second-order valence-electron chi connectivity index (χ2n) is 4.31. The SMILES string of the molecule is COC(=O)c1ccc2nc3n(c(=O)c2c1)CCC3.Cl. The van der Waals surface area contributed by atoms with Gasteiger partial charge in [-0.15, -0.1) is 12.4 Å². The molecule has 0 saturated carbocycles. The van der Waals surface area contributed by atoms with Crippen LogP contribution in [0.5, 0.6) is 0 Å². The lowest BCUT2D eigenvalue weighted by atomic mass is 10.1. The van der Waals surface area contributed by atoms with E-state index >= 15 is 0 Å². The molecule has 1 aliphatic rings. The first-order chi connectivity index (χ1) is 8.70. The molecule has 3 rings (SSSR count). The lowest BCUT2D eigenvalue weighted by Crippen LogP contribution is -2.21. The number of benzene rings is 1. The van der Waals surface area contributed by atoms with Crippen LogP contribution in [-0.2, 0) is 17.7 Å². The van der Waals surface area contributed by atoms with Crippen LogP contribution >= 0.6 is 12.4 Å². The van der Waals surface area contributed by atoms with Crippen molar-refractivity contribution in [2.75, 3.05) is 7.11 Å². The highest BCUT2D eigenvalue weighted by molar-refractivity contribution is 5.94. The van der Waals surface area contributed by atoms with Gasteiger partial charge in [-0.05, 0) is 24.6 Å². The van der Waals surface area contributed by atoms with E-state index < -0.39 is 5.97 Å². The summed E-state index contributed by atoms with van der Waals surface area (Å²) in [5, 5.41) is 0.476. The quantitative estimate of drug-likeness (QED) is 0.744. The summed E-state index contributed by atoms with van der Waals surface area (Å²) in [4.78, 5) is 28.2. The Morgan fingerprint density at radius 1 is 1.42 bits per heavy atom. The van der Waals surface area contributed by atoms with Crippen LogP contribution in [0.15, 0.2) is 23.0 Å². The summed E-state index contributed by atoms with van der Waals surface area (Å²) in [6.07, 6.45) is 1.78. The molecule has 1 aliphatic heterocycles. The van der Waals surface area contributed by atoms with Gasteiger partial charge in [0.1, 0.15) is 5.82 Å². The van der Waals surface area contributed by atoms with Crippen molar-refractivity contribution in [3.8, 4) is 0 Å². The van der Waals surface area contributed by atoms with E-state index in [0.717, 1.165) is 18.7 Å². The Morgan fingerprint density at radius 3 is 2.95 bits per heavy atom. The van der Waals surface area contributed by atoms with Crippen molar-refractivity contribution in [2.45, 2.75) is 19.4 Å². The maximum absolute atomic E-state index is 12.3. The number of aryl methyl sites for hydroxylation is 1. The van der Waals surface area contributed by atoms with Crippen molar-refractivity contribution in [1.82, 2.24) is 9.55 Å². The van der Waals surface area contributed by atoms with Crippen molar-refractivity contribution in [2.24, 2.45) is 0 Å². The van der Waals surface area contributed by atoms with Gasteiger partial charge in [-0.25, -0.2) is 9.78 Å². The number of rotatable bonds is 1. The van der Waals surface area contributed by atoms with Gasteiger partial charge >= 0.3 is 5.97 Å². The molecule has 1 aromatic carbocycles. The van der Waals surface area contributed by atoms with E-state index in [1.54, 1.807) is 22.8 Å². The predicted molar refractivity (Wildman–Crippen MR) is 72.9 cm³/mol. The number of methoxy groups -OCH3 is 1. The number of fused-ring (bicyclic) bond motifs is 2. The molecule has 19 heavy (non-hydrogen) atoms. The molecule has 6 heteroatoms. The molecular formula is C13H13ClN2O3. The molecule has 0 N–H and O–H groups in total. The summed E-state index contributed by atoms with van der Waals surface area (Å²) in [6, 6.07) is 4.89. The highest BCUT2D eigenvalue weighted by Gasteiger charge is 2.17. The van der Waals surface area contributed by atoms with E-state index in [4.69, 9.17) is 0 Å². The van der Waals surface area contributed by atoms with E-state index in [1.165, 1.54) is 7.11 Å². The Morgan fingerprint density at radius 2 is 2.21 bits per heavy atom. The maximum atomic E-state index is 12.3. The van der Waals surface area contributed by atoms with E-state index in [0.29, 0.717) is 23.0 Å². The molecule has 0 radical (unpaired) electrons. The molecule has 0 saturated heterocycles. The Balaban J connectivity index is 0.00000133. The zero-order valence-electron chi connectivity index (χ0n) is 10.4. The molecule has 2 aromatic rings. The second-order valence-corrected chi connectivity index (χ2v) is 4.31. The zero-order chi connectivity index (χ0) is 12.7. The number of hydrogen-bond acceptors (Lipinski definition) is 4. The highest BCUT2D eigenvalue weighted by Crippen LogP contribution is 2.16. The Bertz CT molecular complexity index is 709. The maximum Gasteiger partial charge on any atom is 0.337 e. The topological polar surface area (TPSA) is 61.2 Å². The molecule has 0 bridgehead atoms. The van der Waals surface area contributed by atoms with Gasteiger partial charge in [0.15, 0.2) is 0 Å². The summed E-state index contributed by atoms with van der Waals surface area (Å²) in [5.74, 6) is 0.389. The van der Waals surface area contributed by atoms with E-state index in [9.17, 15) is 9.59 Å². The average Bonchev–Trinajstić information content (AvgIpc) is 2.86. The lowest BCUT2D eigenvalue weighted by Gasteiger charge is -2.06. The average molecular weight is 281 g/mol. The molecule has 100 valence electrons. The predicted octanol–water partition coefficient (Wildman–Crippen LogP) is 1.55. The fraction of sp³-hybridized carbons (Fsp3) is 0.308. The molecule has 0 aliphatic carbocycles. The molecular weight excluding hydrogens is 268 g/mol. The first-order valence-electron chi connectivity index (χ1n) is 5.82. The van der Waals surface area contributed by atoms with Crippen LogP contribution in [-0.4, -0.2) is 22.6 Å². The minimum absolute atomic E-state index is 0. The molecule has 0 fully saturated rings. The highest BCUT2D eigenvalue weighted by atomic mass is 35.5. The Hall–Kier alpha value is -1.88. The molecule has 0 unspecified atom stereocenters. The second kappa shape index (κ2) is 5.01. The summed E-state index contributed by atoms with van der Waals surface area (Å²) < 4.78 is 6.33. The van der Waals surface area contributed by atoms with Gasteiger partial charge in [0.25, 0.3) is 5.56 Å². The van der Waals surface area contributed by atoms with Gasteiger partial charge in [-0.3, -0.25) is 9.36 Å². The fourth-order valence-electron chi connectivity index (χ4n) is 2.33. The van der Waals surface area contributed by atoms with Crippen molar-refractivity contribution in [3.05, 3.63) is 39.9 Å². The smallest absolute Gasteiger partial charge is 0.337 e. The lowest BCUT2D eigenvalue weighted by molar-refractivity contribution is 0.0601. The van der Waals surface area contributed by atoms with Crippen LogP contribution in [0.1, 0.15) is 22.6 Å². The van der Waals surface area contributed by atoms with Crippen molar-refractivity contribution >= 4 is 29.3 Å². The van der Waals surface area contributed by atoms with Crippen LogP contribution in [0.25, 0.3) is 10.9 Å². The van der Waals surface area contributed by atoms with Gasteiger partial charge < -0.3 is 4.74 Å². The summed E-state index contributed by atoms with van der Waals surface area (Å²) in [7, 11) is 1.32.